The summed E-state index contributed by atoms with van der Waals surface area (Å²) in [6, 6.07) is 0.727. The molecule has 1 aliphatic rings. The third-order valence-corrected chi connectivity index (χ3v) is 4.31. The molecule has 0 amide bonds. The van der Waals surface area contributed by atoms with E-state index in [1.807, 2.05) is 0 Å². The smallest absolute Gasteiger partial charge is 0.0496 e. The lowest BCUT2D eigenvalue weighted by molar-refractivity contribution is 0.0837. The highest BCUT2D eigenvalue weighted by molar-refractivity contribution is 4.83. The van der Waals surface area contributed by atoms with E-state index in [4.69, 9.17) is 0 Å². The van der Waals surface area contributed by atoms with Crippen LogP contribution in [-0.4, -0.2) is 60.8 Å². The summed E-state index contributed by atoms with van der Waals surface area (Å²) in [7, 11) is 2.19. The lowest BCUT2D eigenvalue weighted by Gasteiger charge is -2.34. The fourth-order valence-corrected chi connectivity index (χ4v) is 2.87. The molecule has 1 saturated heterocycles. The van der Waals surface area contributed by atoms with Crippen molar-refractivity contribution in [3.63, 3.8) is 0 Å². The molecule has 17 heavy (non-hydrogen) atoms. The van der Waals surface area contributed by atoms with Crippen LogP contribution in [0.15, 0.2) is 0 Å². The van der Waals surface area contributed by atoms with E-state index >= 15 is 0 Å². The molecule has 1 rings (SSSR count). The zero-order valence-electron chi connectivity index (χ0n) is 12.1. The molecule has 1 N–H and O–H groups in total. The Balaban J connectivity index is 2.40. The second-order valence-corrected chi connectivity index (χ2v) is 5.94. The molecule has 1 aliphatic heterocycles. The predicted molar refractivity (Wildman–Crippen MR) is 73.2 cm³/mol. The van der Waals surface area contributed by atoms with Gasteiger partial charge in [-0.15, -0.1) is 0 Å². The van der Waals surface area contributed by atoms with E-state index in [1.165, 1.54) is 25.9 Å². The van der Waals surface area contributed by atoms with Crippen molar-refractivity contribution in [1.82, 2.24) is 9.80 Å². The Bertz CT molecular complexity index is 216. The van der Waals surface area contributed by atoms with Crippen LogP contribution in [0.2, 0.25) is 0 Å². The number of likely N-dealkylation sites (N-methyl/N-ethyl adjacent to an activating group) is 2. The fourth-order valence-electron chi connectivity index (χ4n) is 2.87. The maximum absolute atomic E-state index is 9.46. The van der Waals surface area contributed by atoms with Gasteiger partial charge in [-0.1, -0.05) is 20.8 Å². The molecule has 2 atom stereocenters. The number of aliphatic hydroxyl groups excluding tert-OH is 1. The first kappa shape index (κ1) is 14.9. The molecule has 0 aromatic heterocycles. The molecule has 0 aromatic carbocycles. The SMILES string of the molecule is CCN1CCCC1CN(C)CC(C)(CC)CO. The lowest BCUT2D eigenvalue weighted by Crippen LogP contribution is -2.43. The van der Waals surface area contributed by atoms with Gasteiger partial charge >= 0.3 is 0 Å². The van der Waals surface area contributed by atoms with Crippen molar-refractivity contribution in [3.05, 3.63) is 0 Å². The molecular weight excluding hydrogens is 212 g/mol. The fraction of sp³-hybridized carbons (Fsp3) is 1.00. The highest BCUT2D eigenvalue weighted by atomic mass is 16.3. The Morgan fingerprint density at radius 1 is 1.41 bits per heavy atom. The van der Waals surface area contributed by atoms with Gasteiger partial charge in [-0.2, -0.15) is 0 Å². The number of nitrogens with zero attached hydrogens (tertiary/aromatic N) is 2. The first-order valence-corrected chi connectivity index (χ1v) is 7.08. The highest BCUT2D eigenvalue weighted by Crippen LogP contribution is 2.23. The standard InChI is InChI=1S/C14H30N2O/c1-5-14(3,12-17)11-15(4)10-13-8-7-9-16(13)6-2/h13,17H,5-12H2,1-4H3. The third kappa shape index (κ3) is 4.23. The number of likely N-dealkylation sites (tertiary alicyclic amines) is 1. The van der Waals surface area contributed by atoms with E-state index < -0.39 is 0 Å². The Labute approximate surface area is 107 Å². The maximum atomic E-state index is 9.46. The molecule has 2 unspecified atom stereocenters. The zero-order valence-corrected chi connectivity index (χ0v) is 12.1. The van der Waals surface area contributed by atoms with Crippen molar-refractivity contribution in [2.75, 3.05) is 39.8 Å². The van der Waals surface area contributed by atoms with Crippen LogP contribution in [0.5, 0.6) is 0 Å². The molecule has 0 spiro atoms. The molecule has 0 aromatic rings. The van der Waals surface area contributed by atoms with Gasteiger partial charge in [0.2, 0.25) is 0 Å². The first-order chi connectivity index (χ1) is 8.04. The average molecular weight is 242 g/mol. The van der Waals surface area contributed by atoms with Crippen molar-refractivity contribution in [1.29, 1.82) is 0 Å². The molecule has 0 bridgehead atoms. The summed E-state index contributed by atoms with van der Waals surface area (Å²) in [5, 5.41) is 9.46. The molecular formula is C14H30N2O. The summed E-state index contributed by atoms with van der Waals surface area (Å²) in [6.07, 6.45) is 3.72. The molecule has 0 saturated carbocycles. The summed E-state index contributed by atoms with van der Waals surface area (Å²) in [5.74, 6) is 0. The van der Waals surface area contributed by atoms with Crippen molar-refractivity contribution >= 4 is 0 Å². The van der Waals surface area contributed by atoms with Crippen LogP contribution < -0.4 is 0 Å². The molecule has 102 valence electrons. The van der Waals surface area contributed by atoms with Gasteiger partial charge in [0, 0.05) is 31.2 Å². The second kappa shape index (κ2) is 6.72. The third-order valence-electron chi connectivity index (χ3n) is 4.31. The van der Waals surface area contributed by atoms with Crippen LogP contribution in [-0.2, 0) is 0 Å². The van der Waals surface area contributed by atoms with Gasteiger partial charge in [0.15, 0.2) is 0 Å². The van der Waals surface area contributed by atoms with Gasteiger partial charge in [0.1, 0.15) is 0 Å². The van der Waals surface area contributed by atoms with E-state index in [1.54, 1.807) is 0 Å². The molecule has 0 aliphatic carbocycles. The monoisotopic (exact) mass is 242 g/mol. The minimum atomic E-state index is 0.0599. The topological polar surface area (TPSA) is 26.7 Å². The van der Waals surface area contributed by atoms with Crippen LogP contribution in [0.4, 0.5) is 0 Å². The van der Waals surface area contributed by atoms with E-state index in [-0.39, 0.29) is 12.0 Å². The number of hydrogen-bond donors (Lipinski definition) is 1. The average Bonchev–Trinajstić information content (AvgIpc) is 2.75. The maximum Gasteiger partial charge on any atom is 0.0496 e. The summed E-state index contributed by atoms with van der Waals surface area (Å²) in [5.41, 5.74) is 0.0599. The van der Waals surface area contributed by atoms with Crippen molar-refractivity contribution in [3.8, 4) is 0 Å². The predicted octanol–water partition coefficient (Wildman–Crippen LogP) is 1.81. The van der Waals surface area contributed by atoms with E-state index in [0.29, 0.717) is 0 Å². The number of aliphatic hydroxyl groups is 1. The molecule has 1 heterocycles. The Hall–Kier alpha value is -0.120. The van der Waals surface area contributed by atoms with Crippen LogP contribution in [0.25, 0.3) is 0 Å². The van der Waals surface area contributed by atoms with E-state index in [0.717, 1.165) is 25.6 Å². The highest BCUT2D eigenvalue weighted by Gasteiger charge is 2.27. The van der Waals surface area contributed by atoms with E-state index in [9.17, 15) is 5.11 Å². The van der Waals surface area contributed by atoms with Crippen molar-refractivity contribution < 1.29 is 5.11 Å². The van der Waals surface area contributed by atoms with E-state index in [2.05, 4.69) is 37.6 Å². The zero-order chi connectivity index (χ0) is 12.9. The first-order valence-electron chi connectivity index (χ1n) is 7.08. The van der Waals surface area contributed by atoms with Crippen molar-refractivity contribution in [2.45, 2.75) is 46.1 Å². The summed E-state index contributed by atoms with van der Waals surface area (Å²) in [4.78, 5) is 4.98. The van der Waals surface area contributed by atoms with Gasteiger partial charge in [0.05, 0.1) is 0 Å². The summed E-state index contributed by atoms with van der Waals surface area (Å²) < 4.78 is 0. The Kier molecular flexibility index (Phi) is 5.90. The number of hydrogen-bond acceptors (Lipinski definition) is 3. The molecule has 3 nitrogen and oxygen atoms in total. The quantitative estimate of drug-likeness (QED) is 0.737. The van der Waals surface area contributed by atoms with Crippen LogP contribution in [0, 0.1) is 5.41 Å². The Morgan fingerprint density at radius 2 is 2.12 bits per heavy atom. The normalized spacial score (nSPS) is 25.4. The molecule has 0 radical (unpaired) electrons. The van der Waals surface area contributed by atoms with Crippen LogP contribution in [0.3, 0.4) is 0 Å². The number of rotatable bonds is 7. The molecule has 3 heteroatoms. The summed E-state index contributed by atoms with van der Waals surface area (Å²) in [6.45, 7) is 11.5. The second-order valence-electron chi connectivity index (χ2n) is 5.94. The van der Waals surface area contributed by atoms with Crippen molar-refractivity contribution in [2.24, 2.45) is 5.41 Å². The van der Waals surface area contributed by atoms with Gasteiger partial charge in [-0.25, -0.2) is 0 Å². The minimum absolute atomic E-state index is 0.0599. The largest absolute Gasteiger partial charge is 0.396 e. The summed E-state index contributed by atoms with van der Waals surface area (Å²) >= 11 is 0. The molecule has 1 fully saturated rings. The van der Waals surface area contributed by atoms with Gasteiger partial charge in [0.25, 0.3) is 0 Å². The van der Waals surface area contributed by atoms with Gasteiger partial charge < -0.3 is 10.0 Å². The lowest BCUT2D eigenvalue weighted by atomic mass is 9.88. The Morgan fingerprint density at radius 3 is 2.65 bits per heavy atom. The van der Waals surface area contributed by atoms with Crippen LogP contribution >= 0.6 is 0 Å². The minimum Gasteiger partial charge on any atom is -0.396 e. The van der Waals surface area contributed by atoms with Crippen LogP contribution in [0.1, 0.15) is 40.0 Å². The van der Waals surface area contributed by atoms with Gasteiger partial charge in [-0.05, 0) is 39.4 Å². The van der Waals surface area contributed by atoms with Gasteiger partial charge in [-0.3, -0.25) is 4.90 Å².